The smallest absolute Gasteiger partial charge is 0.357 e. The van der Waals surface area contributed by atoms with Gasteiger partial charge in [-0.05, 0) is 23.4 Å². The maximum absolute atomic E-state index is 10.6. The van der Waals surface area contributed by atoms with Crippen LogP contribution < -0.4 is 5.32 Å². The number of anilines is 1. The van der Waals surface area contributed by atoms with E-state index in [1.807, 2.05) is 5.38 Å². The van der Waals surface area contributed by atoms with E-state index in [0.29, 0.717) is 6.54 Å². The maximum atomic E-state index is 10.6. The number of nitrogens with one attached hydrogen (secondary N) is 1. The molecule has 0 aliphatic heterocycles. The summed E-state index contributed by atoms with van der Waals surface area (Å²) in [5, 5.41) is 13.7. The largest absolute Gasteiger partial charge is 0.476 e. The molecule has 0 unspecified atom stereocenters. The number of aromatic nitrogens is 1. The van der Waals surface area contributed by atoms with Gasteiger partial charge < -0.3 is 14.8 Å². The summed E-state index contributed by atoms with van der Waals surface area (Å²) in [4.78, 5) is 15.6. The van der Waals surface area contributed by atoms with Crippen molar-refractivity contribution in [2.45, 2.75) is 19.9 Å². The van der Waals surface area contributed by atoms with Crippen molar-refractivity contribution >= 4 is 23.3 Å². The lowest BCUT2D eigenvalue weighted by Crippen LogP contribution is -2.01. The predicted molar refractivity (Wildman–Crippen MR) is 64.5 cm³/mol. The minimum atomic E-state index is -1.09. The summed E-state index contributed by atoms with van der Waals surface area (Å²) in [6.45, 7) is 2.69. The zero-order chi connectivity index (χ0) is 12.3. The fourth-order valence-electron chi connectivity index (χ4n) is 1.45. The first-order chi connectivity index (χ1) is 8.20. The van der Waals surface area contributed by atoms with E-state index in [1.165, 1.54) is 10.4 Å². The van der Waals surface area contributed by atoms with E-state index >= 15 is 0 Å². The summed E-state index contributed by atoms with van der Waals surface area (Å²) in [5.41, 5.74) is 1.20. The zero-order valence-electron chi connectivity index (χ0n) is 9.27. The highest BCUT2D eigenvalue weighted by molar-refractivity contribution is 7.10. The lowest BCUT2D eigenvalue weighted by molar-refractivity contribution is 0.0690. The van der Waals surface area contributed by atoms with Crippen LogP contribution >= 0.6 is 11.3 Å². The summed E-state index contributed by atoms with van der Waals surface area (Å²) in [7, 11) is 0. The molecule has 0 amide bonds. The number of aromatic carboxylic acids is 1. The van der Waals surface area contributed by atoms with Crippen molar-refractivity contribution in [2.24, 2.45) is 0 Å². The van der Waals surface area contributed by atoms with Gasteiger partial charge in [-0.2, -0.15) is 4.98 Å². The van der Waals surface area contributed by atoms with Crippen molar-refractivity contribution in [1.29, 1.82) is 0 Å². The summed E-state index contributed by atoms with van der Waals surface area (Å²) < 4.78 is 5.00. The average molecular weight is 252 g/mol. The molecule has 0 atom stereocenters. The highest BCUT2D eigenvalue weighted by Crippen LogP contribution is 2.19. The van der Waals surface area contributed by atoms with Gasteiger partial charge in [0.25, 0.3) is 6.01 Å². The number of aryl methyl sites for hydroxylation is 1. The van der Waals surface area contributed by atoms with E-state index in [2.05, 4.69) is 23.3 Å². The van der Waals surface area contributed by atoms with Crippen LogP contribution in [0.1, 0.15) is 27.9 Å². The molecule has 2 heterocycles. The second kappa shape index (κ2) is 5.01. The molecule has 0 saturated heterocycles. The van der Waals surface area contributed by atoms with Crippen LogP contribution in [0.4, 0.5) is 6.01 Å². The molecule has 6 heteroatoms. The molecule has 0 fully saturated rings. The lowest BCUT2D eigenvalue weighted by Gasteiger charge is -2.01. The minimum Gasteiger partial charge on any atom is -0.476 e. The van der Waals surface area contributed by atoms with Gasteiger partial charge in [0.05, 0.1) is 6.54 Å². The Morgan fingerprint density at radius 2 is 2.47 bits per heavy atom. The van der Waals surface area contributed by atoms with Crippen molar-refractivity contribution in [1.82, 2.24) is 4.98 Å². The summed E-state index contributed by atoms with van der Waals surface area (Å²) in [6, 6.07) is 2.32. The molecule has 0 saturated carbocycles. The molecule has 2 aromatic heterocycles. The van der Waals surface area contributed by atoms with E-state index in [0.717, 1.165) is 12.7 Å². The van der Waals surface area contributed by atoms with Crippen LogP contribution in [-0.2, 0) is 13.0 Å². The Kier molecular flexibility index (Phi) is 3.43. The molecule has 2 aromatic rings. The first-order valence-corrected chi connectivity index (χ1v) is 6.06. The van der Waals surface area contributed by atoms with Crippen LogP contribution in [0.15, 0.2) is 22.1 Å². The van der Waals surface area contributed by atoms with Crippen LogP contribution in [0.5, 0.6) is 0 Å². The topological polar surface area (TPSA) is 75.4 Å². The molecule has 0 aliphatic rings. The second-order valence-electron chi connectivity index (χ2n) is 3.42. The van der Waals surface area contributed by atoms with Gasteiger partial charge in [0.1, 0.15) is 6.26 Å². The summed E-state index contributed by atoms with van der Waals surface area (Å²) >= 11 is 1.66. The van der Waals surface area contributed by atoms with Gasteiger partial charge in [-0.3, -0.25) is 0 Å². The zero-order valence-corrected chi connectivity index (χ0v) is 10.1. The van der Waals surface area contributed by atoms with E-state index in [4.69, 9.17) is 9.52 Å². The minimum absolute atomic E-state index is 0.0885. The van der Waals surface area contributed by atoms with E-state index in [1.54, 1.807) is 11.3 Å². The fourth-order valence-corrected chi connectivity index (χ4v) is 2.36. The van der Waals surface area contributed by atoms with Crippen molar-refractivity contribution < 1.29 is 14.3 Å². The lowest BCUT2D eigenvalue weighted by atomic mass is 10.2. The van der Waals surface area contributed by atoms with Gasteiger partial charge in [-0.25, -0.2) is 4.79 Å². The van der Waals surface area contributed by atoms with E-state index in [9.17, 15) is 4.79 Å². The van der Waals surface area contributed by atoms with Gasteiger partial charge >= 0.3 is 5.97 Å². The van der Waals surface area contributed by atoms with Crippen molar-refractivity contribution in [3.05, 3.63) is 33.8 Å². The number of carbonyl (C=O) groups is 1. The van der Waals surface area contributed by atoms with E-state index < -0.39 is 5.97 Å². The van der Waals surface area contributed by atoms with Crippen molar-refractivity contribution in [2.75, 3.05) is 5.32 Å². The Morgan fingerprint density at radius 3 is 3.12 bits per heavy atom. The molecule has 0 spiro atoms. The molecule has 0 bridgehead atoms. The summed E-state index contributed by atoms with van der Waals surface area (Å²) in [5.74, 6) is -1.09. The van der Waals surface area contributed by atoms with Gasteiger partial charge in [-0.1, -0.05) is 6.92 Å². The molecule has 17 heavy (non-hydrogen) atoms. The van der Waals surface area contributed by atoms with Crippen LogP contribution in [-0.4, -0.2) is 16.1 Å². The van der Waals surface area contributed by atoms with Gasteiger partial charge in [0, 0.05) is 4.88 Å². The average Bonchev–Trinajstić information content (AvgIpc) is 2.95. The third-order valence-electron chi connectivity index (χ3n) is 2.34. The molecule has 2 N–H and O–H groups in total. The van der Waals surface area contributed by atoms with Gasteiger partial charge in [-0.15, -0.1) is 11.3 Å². The predicted octanol–water partition coefficient (Wildman–Crippen LogP) is 2.61. The first kappa shape index (κ1) is 11.7. The number of thiophene rings is 1. The molecule has 5 nitrogen and oxygen atoms in total. The van der Waals surface area contributed by atoms with Crippen molar-refractivity contribution in [3.8, 4) is 0 Å². The van der Waals surface area contributed by atoms with E-state index in [-0.39, 0.29) is 11.7 Å². The van der Waals surface area contributed by atoms with Gasteiger partial charge in [0.2, 0.25) is 0 Å². The first-order valence-electron chi connectivity index (χ1n) is 5.18. The summed E-state index contributed by atoms with van der Waals surface area (Å²) in [6.07, 6.45) is 2.10. The standard InChI is InChI=1S/C11H12N2O3S/c1-2-7-3-4-17-9(7)5-12-11-13-8(6-16-11)10(14)15/h3-4,6H,2,5H2,1H3,(H,12,13)(H,14,15). The number of carboxylic acid groups (broad SMARTS) is 1. The number of hydrogen-bond acceptors (Lipinski definition) is 5. The SMILES string of the molecule is CCc1ccsc1CNc1nc(C(=O)O)co1. The van der Waals surface area contributed by atoms with Crippen LogP contribution in [0.2, 0.25) is 0 Å². The molecular weight excluding hydrogens is 240 g/mol. The molecule has 0 aliphatic carbocycles. The Labute approximate surface area is 102 Å². The Hall–Kier alpha value is -1.82. The van der Waals surface area contributed by atoms with Crippen LogP contribution in [0, 0.1) is 0 Å². The third-order valence-corrected chi connectivity index (χ3v) is 3.31. The molecule has 0 aromatic carbocycles. The molecular formula is C11H12N2O3S. The normalized spacial score (nSPS) is 10.4. The number of hydrogen-bond donors (Lipinski definition) is 2. The molecule has 2 rings (SSSR count). The Bertz CT molecular complexity index is 518. The number of oxazole rings is 1. The Morgan fingerprint density at radius 1 is 1.65 bits per heavy atom. The van der Waals surface area contributed by atoms with Gasteiger partial charge in [0.15, 0.2) is 5.69 Å². The molecule has 90 valence electrons. The highest BCUT2D eigenvalue weighted by atomic mass is 32.1. The monoisotopic (exact) mass is 252 g/mol. The van der Waals surface area contributed by atoms with Crippen LogP contribution in [0.25, 0.3) is 0 Å². The number of carboxylic acids is 1. The highest BCUT2D eigenvalue weighted by Gasteiger charge is 2.10. The number of rotatable bonds is 5. The fraction of sp³-hybridized carbons (Fsp3) is 0.273. The van der Waals surface area contributed by atoms with Crippen LogP contribution in [0.3, 0.4) is 0 Å². The Balaban J connectivity index is 2.00. The third kappa shape index (κ3) is 2.65. The molecule has 0 radical (unpaired) electrons. The van der Waals surface area contributed by atoms with Crippen molar-refractivity contribution in [3.63, 3.8) is 0 Å². The maximum Gasteiger partial charge on any atom is 0.357 e. The quantitative estimate of drug-likeness (QED) is 0.855. The number of nitrogens with zero attached hydrogens (tertiary/aromatic N) is 1. The second-order valence-corrected chi connectivity index (χ2v) is 4.42.